The molecule has 3 atom stereocenters. The number of rotatable bonds is 14. The minimum atomic E-state index is -0.688. The van der Waals surface area contributed by atoms with Gasteiger partial charge in [0.15, 0.2) is 0 Å². The van der Waals surface area contributed by atoms with Crippen LogP contribution in [0, 0.1) is 11.8 Å². The maximum atomic E-state index is 12.3. The summed E-state index contributed by atoms with van der Waals surface area (Å²) in [7, 11) is 3.20. The minimum absolute atomic E-state index is 0.0318. The summed E-state index contributed by atoms with van der Waals surface area (Å²) in [5.74, 6) is 0.211. The fourth-order valence-electron chi connectivity index (χ4n) is 3.97. The molecule has 0 saturated carbocycles. The van der Waals surface area contributed by atoms with Gasteiger partial charge in [0.05, 0.1) is 25.7 Å². The molecule has 0 spiro atoms. The Balaban J connectivity index is 0.000000681. The van der Waals surface area contributed by atoms with E-state index < -0.39 is 18.1 Å². The van der Waals surface area contributed by atoms with E-state index in [1.54, 1.807) is 0 Å². The highest BCUT2D eigenvalue weighted by molar-refractivity contribution is 5.81. The standard InChI is InChI=1S/C22H36N2O4.C6H10O2/c1-16(2)10-11-18(23-3)15-20(25)19(14-17-8-6-5-7-9-17)24-21(26)12-13-22(27)28-4;7-5-6-1-3-8-4-2-6/h5-9,16,18-20,23,25H,10-15H2,1-4H3,(H,24,26);5-6H,1-4H2/t18?,19?,20-;/m0./s1. The van der Waals surface area contributed by atoms with Crippen LogP contribution < -0.4 is 10.6 Å². The molecule has 36 heavy (non-hydrogen) atoms. The zero-order valence-corrected chi connectivity index (χ0v) is 22.4. The number of benzene rings is 1. The number of hydrogen-bond acceptors (Lipinski definition) is 7. The molecule has 1 aromatic carbocycles. The summed E-state index contributed by atoms with van der Waals surface area (Å²) in [5, 5.41) is 17.1. The molecule has 1 aliphatic heterocycles. The number of nitrogens with one attached hydrogen (secondary N) is 2. The average Bonchev–Trinajstić information content (AvgIpc) is 2.90. The smallest absolute Gasteiger partial charge is 0.306 e. The first-order valence-corrected chi connectivity index (χ1v) is 13.1. The van der Waals surface area contributed by atoms with Crippen LogP contribution in [0.2, 0.25) is 0 Å². The molecular formula is C28H46N2O6. The number of amides is 1. The molecule has 1 fully saturated rings. The summed E-state index contributed by atoms with van der Waals surface area (Å²) in [4.78, 5) is 33.7. The van der Waals surface area contributed by atoms with Crippen molar-refractivity contribution in [2.75, 3.05) is 27.4 Å². The lowest BCUT2D eigenvalue weighted by atomic mass is 9.93. The molecule has 0 bridgehead atoms. The number of esters is 1. The zero-order valence-electron chi connectivity index (χ0n) is 22.4. The summed E-state index contributed by atoms with van der Waals surface area (Å²) < 4.78 is 9.63. The first kappa shape index (κ1) is 31.7. The van der Waals surface area contributed by atoms with Crippen molar-refractivity contribution in [2.24, 2.45) is 11.8 Å². The highest BCUT2D eigenvalue weighted by atomic mass is 16.5. The van der Waals surface area contributed by atoms with Crippen molar-refractivity contribution in [3.05, 3.63) is 35.9 Å². The van der Waals surface area contributed by atoms with Crippen LogP contribution in [0.1, 0.15) is 64.4 Å². The Kier molecular flexibility index (Phi) is 16.7. The second-order valence-corrected chi connectivity index (χ2v) is 9.79. The Hall–Kier alpha value is -2.29. The lowest BCUT2D eigenvalue weighted by Gasteiger charge is -2.28. The van der Waals surface area contributed by atoms with E-state index >= 15 is 0 Å². The molecule has 204 valence electrons. The zero-order chi connectivity index (χ0) is 26.8. The number of aliphatic hydroxyl groups is 1. The van der Waals surface area contributed by atoms with Gasteiger partial charge in [0, 0.05) is 31.6 Å². The number of aliphatic hydroxyl groups excluding tert-OH is 1. The molecular weight excluding hydrogens is 460 g/mol. The second kappa shape index (κ2) is 18.9. The minimum Gasteiger partial charge on any atom is -0.469 e. The normalized spacial score (nSPS) is 16.3. The maximum absolute atomic E-state index is 12.3. The van der Waals surface area contributed by atoms with Crippen LogP contribution in [0.5, 0.6) is 0 Å². The molecule has 1 amide bonds. The number of carbonyl (C=O) groups excluding carboxylic acids is 3. The van der Waals surface area contributed by atoms with Crippen molar-refractivity contribution in [1.82, 2.24) is 10.6 Å². The van der Waals surface area contributed by atoms with Crippen LogP contribution in [-0.4, -0.2) is 68.8 Å². The van der Waals surface area contributed by atoms with Gasteiger partial charge in [-0.05, 0) is 57.1 Å². The molecule has 0 aliphatic carbocycles. The summed E-state index contributed by atoms with van der Waals surface area (Å²) in [6, 6.07) is 9.55. The van der Waals surface area contributed by atoms with Gasteiger partial charge in [-0.15, -0.1) is 0 Å². The molecule has 1 saturated heterocycles. The van der Waals surface area contributed by atoms with E-state index in [-0.39, 0.29) is 30.7 Å². The third-order valence-electron chi connectivity index (χ3n) is 6.38. The molecule has 8 heteroatoms. The van der Waals surface area contributed by atoms with Gasteiger partial charge in [0.2, 0.25) is 5.91 Å². The molecule has 1 aliphatic rings. The van der Waals surface area contributed by atoms with Crippen molar-refractivity contribution in [1.29, 1.82) is 0 Å². The average molecular weight is 507 g/mol. The van der Waals surface area contributed by atoms with Crippen LogP contribution in [0.25, 0.3) is 0 Å². The van der Waals surface area contributed by atoms with Crippen LogP contribution in [0.15, 0.2) is 30.3 Å². The highest BCUT2D eigenvalue weighted by Crippen LogP contribution is 2.15. The van der Waals surface area contributed by atoms with E-state index in [1.165, 1.54) is 7.11 Å². The SMILES string of the molecule is CNC(CCC(C)C)C[C@H](O)C(Cc1ccccc1)NC(=O)CCC(=O)OC.O=CC1CCOCC1. The quantitative estimate of drug-likeness (QED) is 0.262. The molecule has 1 heterocycles. The first-order chi connectivity index (χ1) is 17.3. The van der Waals surface area contributed by atoms with E-state index in [9.17, 15) is 19.5 Å². The van der Waals surface area contributed by atoms with Gasteiger partial charge < -0.3 is 30.0 Å². The third kappa shape index (κ3) is 14.3. The van der Waals surface area contributed by atoms with Crippen LogP contribution >= 0.6 is 0 Å². The lowest BCUT2D eigenvalue weighted by Crippen LogP contribution is -2.47. The van der Waals surface area contributed by atoms with Crippen molar-refractivity contribution in [3.8, 4) is 0 Å². The van der Waals surface area contributed by atoms with Crippen LogP contribution in [-0.2, 0) is 30.3 Å². The Morgan fingerprint density at radius 2 is 1.81 bits per heavy atom. The van der Waals surface area contributed by atoms with Gasteiger partial charge in [0.1, 0.15) is 6.29 Å². The van der Waals surface area contributed by atoms with Crippen molar-refractivity contribution in [3.63, 3.8) is 0 Å². The number of aldehydes is 1. The largest absolute Gasteiger partial charge is 0.469 e. The maximum Gasteiger partial charge on any atom is 0.306 e. The van der Waals surface area contributed by atoms with Gasteiger partial charge >= 0.3 is 5.97 Å². The van der Waals surface area contributed by atoms with E-state index in [0.717, 1.165) is 50.7 Å². The molecule has 3 N–H and O–H groups in total. The second-order valence-electron chi connectivity index (χ2n) is 9.79. The van der Waals surface area contributed by atoms with Gasteiger partial charge in [-0.2, -0.15) is 0 Å². The van der Waals surface area contributed by atoms with E-state index in [2.05, 4.69) is 29.2 Å². The van der Waals surface area contributed by atoms with Gasteiger partial charge in [0.25, 0.3) is 0 Å². The molecule has 0 aromatic heterocycles. The Morgan fingerprint density at radius 1 is 1.14 bits per heavy atom. The first-order valence-electron chi connectivity index (χ1n) is 13.1. The number of hydrogen-bond donors (Lipinski definition) is 3. The number of methoxy groups -OCH3 is 1. The van der Waals surface area contributed by atoms with Gasteiger partial charge in [-0.1, -0.05) is 44.2 Å². The molecule has 2 rings (SSSR count). The van der Waals surface area contributed by atoms with Crippen molar-refractivity contribution >= 4 is 18.2 Å². The number of carbonyl (C=O) groups is 3. The van der Waals surface area contributed by atoms with Crippen molar-refractivity contribution < 1.29 is 29.0 Å². The predicted octanol–water partition coefficient (Wildman–Crippen LogP) is 3.05. The Morgan fingerprint density at radius 3 is 2.33 bits per heavy atom. The Bertz CT molecular complexity index is 737. The lowest BCUT2D eigenvalue weighted by molar-refractivity contribution is -0.142. The summed E-state index contributed by atoms with van der Waals surface area (Å²) in [6.45, 7) is 5.90. The van der Waals surface area contributed by atoms with Crippen molar-refractivity contribution in [2.45, 2.75) is 83.4 Å². The predicted molar refractivity (Wildman–Crippen MR) is 140 cm³/mol. The third-order valence-corrected chi connectivity index (χ3v) is 6.38. The highest BCUT2D eigenvalue weighted by Gasteiger charge is 2.25. The van der Waals surface area contributed by atoms with E-state index in [4.69, 9.17) is 4.74 Å². The summed E-state index contributed by atoms with van der Waals surface area (Å²) in [5.41, 5.74) is 1.04. The summed E-state index contributed by atoms with van der Waals surface area (Å²) in [6.07, 6.45) is 5.40. The number of ether oxygens (including phenoxy) is 2. The van der Waals surface area contributed by atoms with Crippen LogP contribution in [0.4, 0.5) is 0 Å². The topological polar surface area (TPSA) is 114 Å². The fourth-order valence-corrected chi connectivity index (χ4v) is 3.97. The van der Waals surface area contributed by atoms with Gasteiger partial charge in [-0.3, -0.25) is 9.59 Å². The van der Waals surface area contributed by atoms with Crippen LogP contribution in [0.3, 0.4) is 0 Å². The molecule has 1 aromatic rings. The van der Waals surface area contributed by atoms with Gasteiger partial charge in [-0.25, -0.2) is 0 Å². The Labute approximate surface area is 216 Å². The molecule has 0 radical (unpaired) electrons. The van der Waals surface area contributed by atoms with E-state index in [1.807, 2.05) is 37.4 Å². The summed E-state index contributed by atoms with van der Waals surface area (Å²) >= 11 is 0. The molecule has 2 unspecified atom stereocenters. The van der Waals surface area contributed by atoms with E-state index in [0.29, 0.717) is 18.8 Å². The molecule has 8 nitrogen and oxygen atoms in total. The monoisotopic (exact) mass is 506 g/mol. The fraction of sp³-hybridized carbons (Fsp3) is 0.679.